The highest BCUT2D eigenvalue weighted by Gasteiger charge is 2.10. The third kappa shape index (κ3) is 2.19. The second-order valence-corrected chi connectivity index (χ2v) is 3.21. The Kier molecular flexibility index (Phi) is 2.74. The average Bonchev–Trinajstić information content (AvgIpc) is 2.30. The van der Waals surface area contributed by atoms with E-state index in [1.165, 1.54) is 12.1 Å². The van der Waals surface area contributed by atoms with Gasteiger partial charge < -0.3 is 5.11 Å². The molecule has 0 bridgehead atoms. The number of halogens is 1. The summed E-state index contributed by atoms with van der Waals surface area (Å²) in [7, 11) is 0. The lowest BCUT2D eigenvalue weighted by Crippen LogP contribution is -2.01. The number of pyridine rings is 1. The van der Waals surface area contributed by atoms with Gasteiger partial charge in [-0.1, -0.05) is 18.2 Å². The van der Waals surface area contributed by atoms with E-state index in [-0.39, 0.29) is 5.82 Å². The molecule has 0 spiro atoms. The number of aliphatic hydroxyl groups is 1. The van der Waals surface area contributed by atoms with Crippen molar-refractivity contribution in [3.63, 3.8) is 0 Å². The highest BCUT2D eigenvalue weighted by atomic mass is 19.1. The molecule has 1 aromatic carbocycles. The van der Waals surface area contributed by atoms with E-state index in [9.17, 15) is 9.50 Å². The molecule has 1 atom stereocenters. The van der Waals surface area contributed by atoms with Gasteiger partial charge in [0.05, 0.1) is 5.69 Å². The standard InChI is InChI=1S/C12H10FNO/c13-10-6-4-9(5-7-10)12(15)11-3-1-2-8-14-11/h1-8,12,15H. The molecule has 76 valence electrons. The maximum absolute atomic E-state index is 12.7. The summed E-state index contributed by atoms with van der Waals surface area (Å²) in [6.45, 7) is 0. The summed E-state index contributed by atoms with van der Waals surface area (Å²) < 4.78 is 12.7. The van der Waals surface area contributed by atoms with Crippen LogP contribution in [-0.2, 0) is 0 Å². The zero-order valence-corrected chi connectivity index (χ0v) is 7.97. The van der Waals surface area contributed by atoms with Crippen LogP contribution in [0.3, 0.4) is 0 Å². The number of aliphatic hydroxyl groups excluding tert-OH is 1. The Morgan fingerprint density at radius 1 is 1.07 bits per heavy atom. The Hall–Kier alpha value is -1.74. The topological polar surface area (TPSA) is 33.1 Å². The van der Waals surface area contributed by atoms with Crippen LogP contribution < -0.4 is 0 Å². The molecular formula is C12H10FNO. The highest BCUT2D eigenvalue weighted by Crippen LogP contribution is 2.19. The molecular weight excluding hydrogens is 193 g/mol. The molecule has 0 aliphatic carbocycles. The van der Waals surface area contributed by atoms with Crippen molar-refractivity contribution in [1.82, 2.24) is 4.98 Å². The average molecular weight is 203 g/mol. The first-order chi connectivity index (χ1) is 7.27. The number of rotatable bonds is 2. The quantitative estimate of drug-likeness (QED) is 0.812. The first-order valence-electron chi connectivity index (χ1n) is 4.62. The van der Waals surface area contributed by atoms with Crippen molar-refractivity contribution >= 4 is 0 Å². The predicted molar refractivity (Wildman–Crippen MR) is 54.7 cm³/mol. The van der Waals surface area contributed by atoms with Gasteiger partial charge in [0.15, 0.2) is 0 Å². The third-order valence-corrected chi connectivity index (χ3v) is 2.15. The van der Waals surface area contributed by atoms with E-state index in [2.05, 4.69) is 4.98 Å². The Balaban J connectivity index is 2.29. The molecule has 1 aromatic heterocycles. The van der Waals surface area contributed by atoms with Crippen molar-refractivity contribution < 1.29 is 9.50 Å². The van der Waals surface area contributed by atoms with Crippen molar-refractivity contribution in [3.05, 3.63) is 65.7 Å². The van der Waals surface area contributed by atoms with Crippen LogP contribution in [0, 0.1) is 5.82 Å². The Bertz CT molecular complexity index is 427. The van der Waals surface area contributed by atoms with Crippen LogP contribution in [0.5, 0.6) is 0 Å². The van der Waals surface area contributed by atoms with Gasteiger partial charge in [0, 0.05) is 6.20 Å². The first-order valence-corrected chi connectivity index (χ1v) is 4.62. The molecule has 0 aliphatic rings. The van der Waals surface area contributed by atoms with Gasteiger partial charge >= 0.3 is 0 Å². The summed E-state index contributed by atoms with van der Waals surface area (Å²) >= 11 is 0. The molecule has 15 heavy (non-hydrogen) atoms. The zero-order valence-electron chi connectivity index (χ0n) is 7.97. The smallest absolute Gasteiger partial charge is 0.123 e. The molecule has 2 aromatic rings. The molecule has 2 rings (SSSR count). The van der Waals surface area contributed by atoms with Crippen molar-refractivity contribution in [1.29, 1.82) is 0 Å². The second kappa shape index (κ2) is 4.19. The van der Waals surface area contributed by atoms with Crippen LogP contribution in [0.25, 0.3) is 0 Å². The predicted octanol–water partition coefficient (Wildman–Crippen LogP) is 2.30. The number of hydrogen-bond acceptors (Lipinski definition) is 2. The molecule has 1 heterocycles. The van der Waals surface area contributed by atoms with Gasteiger partial charge in [-0.05, 0) is 29.8 Å². The fourth-order valence-electron chi connectivity index (χ4n) is 1.35. The Morgan fingerprint density at radius 2 is 1.80 bits per heavy atom. The van der Waals surface area contributed by atoms with Gasteiger partial charge in [-0.15, -0.1) is 0 Å². The minimum Gasteiger partial charge on any atom is -0.382 e. The molecule has 0 fully saturated rings. The molecule has 0 saturated heterocycles. The largest absolute Gasteiger partial charge is 0.382 e. The van der Waals surface area contributed by atoms with E-state index in [0.29, 0.717) is 11.3 Å². The monoisotopic (exact) mass is 203 g/mol. The van der Waals surface area contributed by atoms with E-state index in [4.69, 9.17) is 0 Å². The Labute approximate surface area is 87.0 Å². The van der Waals surface area contributed by atoms with E-state index in [1.807, 2.05) is 0 Å². The lowest BCUT2D eigenvalue weighted by molar-refractivity contribution is 0.215. The first kappa shape index (κ1) is 9.80. The van der Waals surface area contributed by atoms with E-state index < -0.39 is 6.10 Å². The number of nitrogens with zero attached hydrogens (tertiary/aromatic N) is 1. The summed E-state index contributed by atoms with van der Waals surface area (Å²) in [4.78, 5) is 4.03. The fraction of sp³-hybridized carbons (Fsp3) is 0.0833. The summed E-state index contributed by atoms with van der Waals surface area (Å²) in [6, 6.07) is 11.1. The maximum Gasteiger partial charge on any atom is 0.123 e. The zero-order chi connectivity index (χ0) is 10.7. The molecule has 2 nitrogen and oxygen atoms in total. The summed E-state index contributed by atoms with van der Waals surface area (Å²) in [5, 5.41) is 9.90. The Morgan fingerprint density at radius 3 is 2.40 bits per heavy atom. The third-order valence-electron chi connectivity index (χ3n) is 2.15. The van der Waals surface area contributed by atoms with E-state index in [0.717, 1.165) is 0 Å². The van der Waals surface area contributed by atoms with Gasteiger partial charge in [-0.2, -0.15) is 0 Å². The van der Waals surface area contributed by atoms with Crippen molar-refractivity contribution in [3.8, 4) is 0 Å². The number of aromatic nitrogens is 1. The number of benzene rings is 1. The molecule has 1 unspecified atom stereocenters. The van der Waals surface area contributed by atoms with Crippen molar-refractivity contribution in [2.24, 2.45) is 0 Å². The van der Waals surface area contributed by atoms with Gasteiger partial charge in [0.2, 0.25) is 0 Å². The van der Waals surface area contributed by atoms with Gasteiger partial charge in [-0.25, -0.2) is 4.39 Å². The molecule has 0 amide bonds. The molecule has 0 saturated carbocycles. The van der Waals surface area contributed by atoms with Gasteiger partial charge in [0.1, 0.15) is 11.9 Å². The van der Waals surface area contributed by atoms with Crippen LogP contribution in [0.4, 0.5) is 4.39 Å². The van der Waals surface area contributed by atoms with Crippen LogP contribution in [0.15, 0.2) is 48.7 Å². The molecule has 0 aliphatic heterocycles. The van der Waals surface area contributed by atoms with E-state index >= 15 is 0 Å². The van der Waals surface area contributed by atoms with Crippen molar-refractivity contribution in [2.75, 3.05) is 0 Å². The SMILES string of the molecule is OC(c1ccc(F)cc1)c1ccccn1. The number of hydrogen-bond donors (Lipinski definition) is 1. The van der Waals surface area contributed by atoms with Crippen LogP contribution in [0.2, 0.25) is 0 Å². The normalized spacial score (nSPS) is 12.4. The van der Waals surface area contributed by atoms with Crippen molar-refractivity contribution in [2.45, 2.75) is 6.10 Å². The maximum atomic E-state index is 12.7. The molecule has 3 heteroatoms. The van der Waals surface area contributed by atoms with Crippen LogP contribution in [0.1, 0.15) is 17.4 Å². The van der Waals surface area contributed by atoms with Gasteiger partial charge in [-0.3, -0.25) is 4.98 Å². The molecule has 1 N–H and O–H groups in total. The fourth-order valence-corrected chi connectivity index (χ4v) is 1.35. The highest BCUT2D eigenvalue weighted by molar-refractivity contribution is 5.25. The minimum absolute atomic E-state index is 0.313. The molecule has 0 radical (unpaired) electrons. The van der Waals surface area contributed by atoms with Crippen LogP contribution in [-0.4, -0.2) is 10.1 Å². The minimum atomic E-state index is -0.799. The summed E-state index contributed by atoms with van der Waals surface area (Å²) in [5.74, 6) is -0.313. The summed E-state index contributed by atoms with van der Waals surface area (Å²) in [6.07, 6.45) is 0.814. The second-order valence-electron chi connectivity index (χ2n) is 3.21. The lowest BCUT2D eigenvalue weighted by atomic mass is 10.1. The van der Waals surface area contributed by atoms with E-state index in [1.54, 1.807) is 36.5 Å². The van der Waals surface area contributed by atoms with Gasteiger partial charge in [0.25, 0.3) is 0 Å². The van der Waals surface area contributed by atoms with Crippen LogP contribution >= 0.6 is 0 Å². The summed E-state index contributed by atoms with van der Waals surface area (Å²) in [5.41, 5.74) is 1.19. The lowest BCUT2D eigenvalue weighted by Gasteiger charge is -2.09.